The summed E-state index contributed by atoms with van der Waals surface area (Å²) in [4.78, 5) is 35.0. The van der Waals surface area contributed by atoms with Crippen LogP contribution in [-0.4, -0.2) is 24.4 Å². The lowest BCUT2D eigenvalue weighted by Crippen LogP contribution is -2.43. The van der Waals surface area contributed by atoms with E-state index in [-0.39, 0.29) is 0 Å². The van der Waals surface area contributed by atoms with Crippen LogP contribution in [0.2, 0.25) is 0 Å². The first kappa shape index (κ1) is 14.7. The molecule has 0 fully saturated rings. The fourth-order valence-electron chi connectivity index (χ4n) is 1.42. The first-order valence-corrected chi connectivity index (χ1v) is 6.89. The maximum absolute atomic E-state index is 11.6. The lowest BCUT2D eigenvalue weighted by molar-refractivity contribution is -0.125. The fraction of sp³-hybridized carbons (Fsp3) is 0.0714. The van der Waals surface area contributed by atoms with E-state index in [0.29, 0.717) is 10.4 Å². The molecule has 2 amide bonds. The summed E-state index contributed by atoms with van der Waals surface area (Å²) in [5, 5.41) is 1.73. The van der Waals surface area contributed by atoms with Crippen LogP contribution >= 0.6 is 11.3 Å². The van der Waals surface area contributed by atoms with Gasteiger partial charge in [0.2, 0.25) is 0 Å². The van der Waals surface area contributed by atoms with Gasteiger partial charge in [-0.25, -0.2) is 4.79 Å². The van der Waals surface area contributed by atoms with Gasteiger partial charge < -0.3 is 4.74 Å². The first-order valence-electron chi connectivity index (χ1n) is 6.01. The second kappa shape index (κ2) is 7.20. The smallest absolute Gasteiger partial charge is 0.348 e. The molecular weight excluding hydrogens is 292 g/mol. The molecule has 108 valence electrons. The Morgan fingerprint density at radius 1 is 1.00 bits per heavy atom. The van der Waals surface area contributed by atoms with Crippen LogP contribution in [0.1, 0.15) is 20.0 Å². The molecule has 1 heterocycles. The van der Waals surface area contributed by atoms with Crippen molar-refractivity contribution >= 4 is 29.1 Å². The number of ether oxygens (including phenoxy) is 1. The Kier molecular flexibility index (Phi) is 5.05. The third-order valence-electron chi connectivity index (χ3n) is 2.41. The van der Waals surface area contributed by atoms with Crippen molar-refractivity contribution in [1.82, 2.24) is 10.9 Å². The Balaban J connectivity index is 1.73. The molecule has 0 aliphatic rings. The Labute approximate surface area is 124 Å². The number of rotatable bonds is 4. The number of thiophene rings is 1. The zero-order valence-corrected chi connectivity index (χ0v) is 11.7. The number of carbonyl (C=O) groups is 3. The SMILES string of the molecule is O=C(COC(=O)c1cccs1)NNC(=O)c1ccccc1. The van der Waals surface area contributed by atoms with E-state index >= 15 is 0 Å². The van der Waals surface area contributed by atoms with E-state index in [2.05, 4.69) is 10.9 Å². The van der Waals surface area contributed by atoms with Crippen LogP contribution in [0.5, 0.6) is 0 Å². The number of hydrazine groups is 1. The van der Waals surface area contributed by atoms with Crippen LogP contribution in [0.4, 0.5) is 0 Å². The van der Waals surface area contributed by atoms with Crippen LogP contribution in [0.25, 0.3) is 0 Å². The third kappa shape index (κ3) is 4.43. The zero-order chi connectivity index (χ0) is 15.1. The lowest BCUT2D eigenvalue weighted by atomic mass is 10.2. The largest absolute Gasteiger partial charge is 0.451 e. The van der Waals surface area contributed by atoms with Crippen molar-refractivity contribution in [3.63, 3.8) is 0 Å². The van der Waals surface area contributed by atoms with Crippen molar-refractivity contribution in [3.05, 3.63) is 58.3 Å². The van der Waals surface area contributed by atoms with Crippen LogP contribution in [0.3, 0.4) is 0 Å². The van der Waals surface area contributed by atoms with Gasteiger partial charge in [-0.1, -0.05) is 24.3 Å². The van der Waals surface area contributed by atoms with Crippen molar-refractivity contribution in [1.29, 1.82) is 0 Å². The van der Waals surface area contributed by atoms with Crippen molar-refractivity contribution < 1.29 is 19.1 Å². The third-order valence-corrected chi connectivity index (χ3v) is 3.26. The molecule has 0 spiro atoms. The molecule has 1 aromatic carbocycles. The second-order valence-corrected chi connectivity index (χ2v) is 4.87. The van der Waals surface area contributed by atoms with Gasteiger partial charge >= 0.3 is 5.97 Å². The number of carbonyl (C=O) groups excluding carboxylic acids is 3. The Bertz CT molecular complexity index is 626. The number of esters is 1. The van der Waals surface area contributed by atoms with Gasteiger partial charge in [0.15, 0.2) is 6.61 Å². The standard InChI is InChI=1S/C14H12N2O4S/c17-12(9-20-14(19)11-7-4-8-21-11)15-16-13(18)10-5-2-1-3-6-10/h1-8H,9H2,(H,15,17)(H,16,18). The Hall–Kier alpha value is -2.67. The predicted molar refractivity (Wildman–Crippen MR) is 76.7 cm³/mol. The Morgan fingerprint density at radius 3 is 2.43 bits per heavy atom. The molecule has 0 aliphatic heterocycles. The fourth-order valence-corrected chi connectivity index (χ4v) is 2.04. The minimum Gasteiger partial charge on any atom is -0.451 e. The summed E-state index contributed by atoms with van der Waals surface area (Å²) in [5.74, 6) is -1.65. The van der Waals surface area contributed by atoms with E-state index in [0.717, 1.165) is 0 Å². The summed E-state index contributed by atoms with van der Waals surface area (Å²) in [6, 6.07) is 11.7. The minimum atomic E-state index is -0.621. The van der Waals surface area contributed by atoms with Gasteiger partial charge in [-0.15, -0.1) is 11.3 Å². The maximum atomic E-state index is 11.6. The van der Waals surface area contributed by atoms with Gasteiger partial charge in [0.05, 0.1) is 0 Å². The predicted octanol–water partition coefficient (Wildman–Crippen LogP) is 1.37. The second-order valence-electron chi connectivity index (χ2n) is 3.92. The number of amides is 2. The molecule has 0 aliphatic carbocycles. The molecule has 0 saturated carbocycles. The molecule has 2 rings (SSSR count). The summed E-state index contributed by atoms with van der Waals surface area (Å²) < 4.78 is 4.79. The summed E-state index contributed by atoms with van der Waals surface area (Å²) >= 11 is 1.22. The van der Waals surface area contributed by atoms with E-state index in [1.165, 1.54) is 11.3 Å². The van der Waals surface area contributed by atoms with Crippen LogP contribution in [0.15, 0.2) is 47.8 Å². The molecule has 0 radical (unpaired) electrons. The molecule has 2 N–H and O–H groups in total. The molecule has 2 aromatic rings. The molecule has 0 bridgehead atoms. The monoisotopic (exact) mass is 304 g/mol. The summed E-state index contributed by atoms with van der Waals surface area (Å²) in [5.41, 5.74) is 4.81. The number of hydrogen-bond donors (Lipinski definition) is 2. The number of benzene rings is 1. The van der Waals surface area contributed by atoms with Gasteiger partial charge in [0, 0.05) is 5.56 Å². The molecule has 21 heavy (non-hydrogen) atoms. The Morgan fingerprint density at radius 2 is 1.76 bits per heavy atom. The summed E-state index contributed by atoms with van der Waals surface area (Å²) in [6.07, 6.45) is 0. The highest BCUT2D eigenvalue weighted by Crippen LogP contribution is 2.09. The van der Waals surface area contributed by atoms with Gasteiger partial charge in [-0.2, -0.15) is 0 Å². The lowest BCUT2D eigenvalue weighted by Gasteiger charge is -2.07. The van der Waals surface area contributed by atoms with E-state index in [4.69, 9.17) is 4.74 Å². The van der Waals surface area contributed by atoms with Crippen molar-refractivity contribution in [2.24, 2.45) is 0 Å². The minimum absolute atomic E-state index is 0.411. The van der Waals surface area contributed by atoms with E-state index < -0.39 is 24.4 Å². The number of hydrogen-bond acceptors (Lipinski definition) is 5. The van der Waals surface area contributed by atoms with Gasteiger partial charge in [-0.05, 0) is 23.6 Å². The topological polar surface area (TPSA) is 84.5 Å². The highest BCUT2D eigenvalue weighted by Gasteiger charge is 2.11. The zero-order valence-electron chi connectivity index (χ0n) is 10.9. The maximum Gasteiger partial charge on any atom is 0.348 e. The van der Waals surface area contributed by atoms with Crippen LogP contribution in [-0.2, 0) is 9.53 Å². The summed E-state index contributed by atoms with van der Waals surface area (Å²) in [7, 11) is 0. The molecule has 7 heteroatoms. The quantitative estimate of drug-likeness (QED) is 0.660. The van der Waals surface area contributed by atoms with Crippen molar-refractivity contribution in [2.45, 2.75) is 0 Å². The molecule has 0 saturated heterocycles. The first-order chi connectivity index (χ1) is 10.2. The van der Waals surface area contributed by atoms with Gasteiger partial charge in [0.1, 0.15) is 4.88 Å². The highest BCUT2D eigenvalue weighted by molar-refractivity contribution is 7.11. The van der Waals surface area contributed by atoms with Gasteiger partial charge in [0.25, 0.3) is 11.8 Å². The molecular formula is C14H12N2O4S. The van der Waals surface area contributed by atoms with Crippen LogP contribution in [0, 0.1) is 0 Å². The van der Waals surface area contributed by atoms with E-state index in [9.17, 15) is 14.4 Å². The molecule has 6 nitrogen and oxygen atoms in total. The van der Waals surface area contributed by atoms with Crippen molar-refractivity contribution in [3.8, 4) is 0 Å². The highest BCUT2D eigenvalue weighted by atomic mass is 32.1. The van der Waals surface area contributed by atoms with Gasteiger partial charge in [-0.3, -0.25) is 20.4 Å². The van der Waals surface area contributed by atoms with E-state index in [1.807, 2.05) is 0 Å². The molecule has 1 aromatic heterocycles. The molecule has 0 atom stereocenters. The molecule has 0 unspecified atom stereocenters. The summed E-state index contributed by atoms with van der Waals surface area (Å²) in [6.45, 7) is -0.466. The van der Waals surface area contributed by atoms with Crippen molar-refractivity contribution in [2.75, 3.05) is 6.61 Å². The average molecular weight is 304 g/mol. The van der Waals surface area contributed by atoms with E-state index in [1.54, 1.807) is 47.8 Å². The number of nitrogens with one attached hydrogen (secondary N) is 2. The normalized spacial score (nSPS) is 9.71. The average Bonchev–Trinajstić information content (AvgIpc) is 3.05. The van der Waals surface area contributed by atoms with Crippen LogP contribution < -0.4 is 10.9 Å².